The highest BCUT2D eigenvalue weighted by atomic mass is 127. The second-order valence-electron chi connectivity index (χ2n) is 2.28. The van der Waals surface area contributed by atoms with Crippen LogP contribution < -0.4 is 10.6 Å². The van der Waals surface area contributed by atoms with Crippen molar-refractivity contribution in [3.05, 3.63) is 20.3 Å². The van der Waals surface area contributed by atoms with Crippen molar-refractivity contribution in [2.24, 2.45) is 0 Å². The number of halogens is 1. The maximum absolute atomic E-state index is 11.2. The van der Waals surface area contributed by atoms with E-state index in [4.69, 9.17) is 4.84 Å². The fraction of sp³-hybridized carbons (Fsp3) is 0.429. The summed E-state index contributed by atoms with van der Waals surface area (Å²) in [6, 6.07) is 0. The van der Waals surface area contributed by atoms with Crippen LogP contribution in [0.5, 0.6) is 0 Å². The van der Waals surface area contributed by atoms with Crippen molar-refractivity contribution in [3.63, 3.8) is 0 Å². The van der Waals surface area contributed by atoms with Crippen LogP contribution in [0.2, 0.25) is 0 Å². The zero-order valence-corrected chi connectivity index (χ0v) is 9.53. The van der Waals surface area contributed by atoms with E-state index in [1.165, 1.54) is 11.4 Å². The van der Waals surface area contributed by atoms with E-state index in [2.05, 4.69) is 9.97 Å². The van der Waals surface area contributed by atoms with Gasteiger partial charge in [0.15, 0.2) is 5.82 Å². The van der Waals surface area contributed by atoms with Crippen molar-refractivity contribution >= 4 is 28.4 Å². The summed E-state index contributed by atoms with van der Waals surface area (Å²) in [4.78, 5) is 22.8. The molecule has 0 atom stereocenters. The van der Waals surface area contributed by atoms with Crippen LogP contribution in [0.1, 0.15) is 6.92 Å². The minimum Gasteiger partial charge on any atom is -0.312 e. The predicted molar refractivity (Wildman–Crippen MR) is 57.6 cm³/mol. The maximum Gasteiger partial charge on any atom is 0.266 e. The summed E-state index contributed by atoms with van der Waals surface area (Å²) in [6.07, 6.45) is 1.36. The van der Waals surface area contributed by atoms with Crippen LogP contribution in [-0.2, 0) is 4.84 Å². The Hall–Kier alpha value is -0.630. The number of H-pyrrole nitrogens is 1. The van der Waals surface area contributed by atoms with E-state index in [0.29, 0.717) is 16.0 Å². The number of hydroxylamine groups is 1. The lowest BCUT2D eigenvalue weighted by Crippen LogP contribution is -2.24. The van der Waals surface area contributed by atoms with Crippen LogP contribution in [0, 0.1) is 3.57 Å². The lowest BCUT2D eigenvalue weighted by atomic mass is 10.6. The number of rotatable bonds is 3. The first kappa shape index (κ1) is 10.5. The van der Waals surface area contributed by atoms with E-state index in [0.717, 1.165) is 0 Å². The van der Waals surface area contributed by atoms with Crippen molar-refractivity contribution < 1.29 is 4.84 Å². The van der Waals surface area contributed by atoms with Gasteiger partial charge < -0.3 is 4.98 Å². The average Bonchev–Trinajstić information content (AvgIpc) is 2.10. The molecule has 0 saturated carbocycles. The second-order valence-corrected chi connectivity index (χ2v) is 3.36. The molecule has 0 unspecified atom stereocenters. The summed E-state index contributed by atoms with van der Waals surface area (Å²) in [5, 5.41) is 1.48. The number of hydrogen-bond acceptors (Lipinski definition) is 4. The fourth-order valence-corrected chi connectivity index (χ4v) is 1.48. The van der Waals surface area contributed by atoms with Gasteiger partial charge in [-0.25, -0.2) is 10.0 Å². The molecule has 5 nitrogen and oxygen atoms in total. The van der Waals surface area contributed by atoms with E-state index in [1.54, 1.807) is 7.05 Å². The van der Waals surface area contributed by atoms with E-state index >= 15 is 0 Å². The molecular weight excluding hydrogens is 285 g/mol. The van der Waals surface area contributed by atoms with Crippen molar-refractivity contribution in [3.8, 4) is 0 Å². The first-order valence-corrected chi connectivity index (χ1v) is 4.84. The Kier molecular flexibility index (Phi) is 3.67. The SMILES string of the molecule is CCON(C)c1nc[nH]c(=O)c1I. The summed E-state index contributed by atoms with van der Waals surface area (Å²) in [6.45, 7) is 2.41. The molecule has 0 amide bonds. The summed E-state index contributed by atoms with van der Waals surface area (Å²) in [7, 11) is 1.72. The highest BCUT2D eigenvalue weighted by Gasteiger charge is 2.09. The molecular formula is C7H10IN3O2. The summed E-state index contributed by atoms with van der Waals surface area (Å²) in [5.41, 5.74) is -0.155. The molecule has 0 saturated heterocycles. The molecule has 1 N–H and O–H groups in total. The monoisotopic (exact) mass is 295 g/mol. The molecule has 0 bridgehead atoms. The highest BCUT2D eigenvalue weighted by Crippen LogP contribution is 2.13. The molecule has 0 radical (unpaired) electrons. The lowest BCUT2D eigenvalue weighted by Gasteiger charge is -2.16. The lowest BCUT2D eigenvalue weighted by molar-refractivity contribution is 0.132. The maximum atomic E-state index is 11.2. The Morgan fingerprint density at radius 2 is 2.46 bits per heavy atom. The Balaban J connectivity index is 3.00. The average molecular weight is 295 g/mol. The summed E-state index contributed by atoms with van der Waals surface area (Å²) in [5.74, 6) is 0.534. The Morgan fingerprint density at radius 1 is 1.77 bits per heavy atom. The summed E-state index contributed by atoms with van der Waals surface area (Å²) >= 11 is 1.93. The normalized spacial score (nSPS) is 10.1. The molecule has 1 heterocycles. The third-order valence-corrected chi connectivity index (χ3v) is 2.37. The molecule has 1 aromatic rings. The van der Waals surface area contributed by atoms with Gasteiger partial charge >= 0.3 is 0 Å². The molecule has 13 heavy (non-hydrogen) atoms. The Labute approximate surface area is 89.2 Å². The van der Waals surface area contributed by atoms with Crippen LogP contribution in [-0.4, -0.2) is 23.6 Å². The van der Waals surface area contributed by atoms with Gasteiger partial charge in [0.05, 0.1) is 12.9 Å². The Morgan fingerprint density at radius 3 is 3.08 bits per heavy atom. The largest absolute Gasteiger partial charge is 0.312 e. The number of aromatic amines is 1. The molecule has 0 aliphatic rings. The highest BCUT2D eigenvalue weighted by molar-refractivity contribution is 14.1. The smallest absolute Gasteiger partial charge is 0.266 e. The number of anilines is 1. The van der Waals surface area contributed by atoms with Crippen molar-refractivity contribution in [2.75, 3.05) is 18.7 Å². The van der Waals surface area contributed by atoms with Crippen LogP contribution >= 0.6 is 22.6 Å². The molecule has 0 aliphatic heterocycles. The fourth-order valence-electron chi connectivity index (χ4n) is 0.848. The van der Waals surface area contributed by atoms with E-state index in [1.807, 2.05) is 29.5 Å². The second kappa shape index (κ2) is 4.56. The van der Waals surface area contributed by atoms with Gasteiger partial charge in [-0.15, -0.1) is 0 Å². The van der Waals surface area contributed by atoms with Gasteiger partial charge in [-0.1, -0.05) is 0 Å². The van der Waals surface area contributed by atoms with Crippen LogP contribution in [0.25, 0.3) is 0 Å². The van der Waals surface area contributed by atoms with Crippen molar-refractivity contribution in [2.45, 2.75) is 6.92 Å². The standard InChI is InChI=1S/C7H10IN3O2/c1-3-13-11(2)6-5(8)7(12)10-4-9-6/h4H,3H2,1-2H3,(H,9,10,12). The first-order chi connectivity index (χ1) is 6.16. The zero-order valence-electron chi connectivity index (χ0n) is 7.37. The molecule has 0 fully saturated rings. The van der Waals surface area contributed by atoms with Crippen LogP contribution in [0.3, 0.4) is 0 Å². The van der Waals surface area contributed by atoms with Gasteiger partial charge in [-0.2, -0.15) is 0 Å². The Bertz CT molecular complexity index is 339. The van der Waals surface area contributed by atoms with Gasteiger partial charge in [0.25, 0.3) is 5.56 Å². The van der Waals surface area contributed by atoms with Gasteiger partial charge in [-0.05, 0) is 29.5 Å². The number of aromatic nitrogens is 2. The quantitative estimate of drug-likeness (QED) is 0.661. The minimum atomic E-state index is -0.155. The van der Waals surface area contributed by atoms with Crippen molar-refractivity contribution in [1.29, 1.82) is 0 Å². The van der Waals surface area contributed by atoms with E-state index < -0.39 is 0 Å². The molecule has 72 valence electrons. The van der Waals surface area contributed by atoms with Crippen LogP contribution in [0.4, 0.5) is 5.82 Å². The number of hydrogen-bond donors (Lipinski definition) is 1. The van der Waals surface area contributed by atoms with E-state index in [-0.39, 0.29) is 5.56 Å². The number of nitrogens with zero attached hydrogens (tertiary/aromatic N) is 2. The molecule has 1 aromatic heterocycles. The summed E-state index contributed by atoms with van der Waals surface area (Å²) < 4.78 is 0.524. The van der Waals surface area contributed by atoms with Crippen molar-refractivity contribution in [1.82, 2.24) is 9.97 Å². The third kappa shape index (κ3) is 2.41. The topological polar surface area (TPSA) is 58.2 Å². The number of nitrogens with one attached hydrogen (secondary N) is 1. The molecule has 0 spiro atoms. The third-order valence-electron chi connectivity index (χ3n) is 1.40. The van der Waals surface area contributed by atoms with Gasteiger partial charge in [0.1, 0.15) is 3.57 Å². The zero-order chi connectivity index (χ0) is 9.84. The van der Waals surface area contributed by atoms with Gasteiger partial charge in [0, 0.05) is 7.05 Å². The first-order valence-electron chi connectivity index (χ1n) is 3.76. The molecule has 6 heteroatoms. The van der Waals surface area contributed by atoms with Gasteiger partial charge in [-0.3, -0.25) is 9.63 Å². The minimum absolute atomic E-state index is 0.155. The molecule has 0 aliphatic carbocycles. The molecule has 1 rings (SSSR count). The van der Waals surface area contributed by atoms with Gasteiger partial charge in [0.2, 0.25) is 0 Å². The van der Waals surface area contributed by atoms with E-state index in [9.17, 15) is 4.79 Å². The van der Waals surface area contributed by atoms with Crippen LogP contribution in [0.15, 0.2) is 11.1 Å². The predicted octanol–water partition coefficient (Wildman–Crippen LogP) is 0.762. The molecule has 0 aromatic carbocycles.